The molecule has 2 aliphatic rings. The van der Waals surface area contributed by atoms with Crippen LogP contribution in [0, 0.1) is 0 Å². The molecule has 3 heterocycles. The van der Waals surface area contributed by atoms with E-state index in [9.17, 15) is 9.59 Å². The predicted octanol–water partition coefficient (Wildman–Crippen LogP) is 1.14. The van der Waals surface area contributed by atoms with Gasteiger partial charge in [0.25, 0.3) is 0 Å². The first-order chi connectivity index (χ1) is 11.7. The minimum atomic E-state index is -0.372. The zero-order valence-electron chi connectivity index (χ0n) is 13.7. The summed E-state index contributed by atoms with van der Waals surface area (Å²) >= 11 is 0. The molecule has 2 amide bonds. The number of fused-ring (bicyclic) bond motifs is 2. The van der Waals surface area contributed by atoms with Crippen LogP contribution in [-0.4, -0.2) is 53.8 Å². The zero-order valence-corrected chi connectivity index (χ0v) is 13.7. The Kier molecular flexibility index (Phi) is 3.76. The van der Waals surface area contributed by atoms with Crippen molar-refractivity contribution in [2.24, 2.45) is 0 Å². The van der Waals surface area contributed by atoms with E-state index >= 15 is 0 Å². The van der Waals surface area contributed by atoms with Crippen molar-refractivity contribution in [3.8, 4) is 0 Å². The number of aryl methyl sites for hydroxylation is 1. The highest BCUT2D eigenvalue weighted by atomic mass is 16.3. The standard InChI is InChI=1S/C18H21N3O3/c1-2-15-13(12-5-3-4-6-16(12)24-15)10-20-7-8-21-14(11-20)18(23)19-9-17(21)22/h3-6,14H,2,7-11H2,1H3,(H,19,23)/t14-/m0/s1. The smallest absolute Gasteiger partial charge is 0.244 e. The lowest BCUT2D eigenvalue weighted by Gasteiger charge is -2.42. The van der Waals surface area contributed by atoms with Crippen LogP contribution >= 0.6 is 0 Å². The minimum absolute atomic E-state index is 0.0160. The summed E-state index contributed by atoms with van der Waals surface area (Å²) in [6, 6.07) is 7.70. The van der Waals surface area contributed by atoms with Crippen LogP contribution in [0.25, 0.3) is 11.0 Å². The molecular formula is C18H21N3O3. The third kappa shape index (κ3) is 2.47. The molecule has 2 fully saturated rings. The van der Waals surface area contributed by atoms with Gasteiger partial charge in [-0.15, -0.1) is 0 Å². The fourth-order valence-electron chi connectivity index (χ4n) is 3.72. The number of rotatable bonds is 3. The van der Waals surface area contributed by atoms with E-state index in [0.29, 0.717) is 13.1 Å². The van der Waals surface area contributed by atoms with Crippen molar-refractivity contribution < 1.29 is 14.0 Å². The van der Waals surface area contributed by atoms with Gasteiger partial charge in [-0.2, -0.15) is 0 Å². The first kappa shape index (κ1) is 15.2. The van der Waals surface area contributed by atoms with E-state index in [2.05, 4.69) is 23.2 Å². The Morgan fingerprint density at radius 2 is 2.08 bits per heavy atom. The summed E-state index contributed by atoms with van der Waals surface area (Å²) < 4.78 is 5.96. The van der Waals surface area contributed by atoms with Gasteiger partial charge in [0.15, 0.2) is 0 Å². The number of benzene rings is 1. The fraction of sp³-hybridized carbons (Fsp3) is 0.444. The Morgan fingerprint density at radius 1 is 1.25 bits per heavy atom. The average Bonchev–Trinajstić information content (AvgIpc) is 2.96. The highest BCUT2D eigenvalue weighted by Gasteiger charge is 2.38. The van der Waals surface area contributed by atoms with Gasteiger partial charge in [0.2, 0.25) is 11.8 Å². The monoisotopic (exact) mass is 327 g/mol. The number of piperazine rings is 2. The van der Waals surface area contributed by atoms with Crippen molar-refractivity contribution in [2.75, 3.05) is 26.2 Å². The van der Waals surface area contributed by atoms with Gasteiger partial charge < -0.3 is 14.6 Å². The lowest BCUT2D eigenvalue weighted by molar-refractivity contribution is -0.149. The van der Waals surface area contributed by atoms with E-state index < -0.39 is 0 Å². The number of nitrogens with zero attached hydrogens (tertiary/aromatic N) is 2. The first-order valence-corrected chi connectivity index (χ1v) is 8.46. The summed E-state index contributed by atoms with van der Waals surface area (Å²) in [5.74, 6) is 0.970. The molecule has 126 valence electrons. The summed E-state index contributed by atoms with van der Waals surface area (Å²) in [6.07, 6.45) is 0.840. The van der Waals surface area contributed by atoms with Crippen LogP contribution in [-0.2, 0) is 22.6 Å². The van der Waals surface area contributed by atoms with Gasteiger partial charge in [0.05, 0.1) is 6.54 Å². The minimum Gasteiger partial charge on any atom is -0.461 e. The fourth-order valence-corrected chi connectivity index (χ4v) is 3.72. The molecule has 2 aromatic rings. The van der Waals surface area contributed by atoms with Gasteiger partial charge in [-0.05, 0) is 6.07 Å². The lowest BCUT2D eigenvalue weighted by Crippen LogP contribution is -2.65. The van der Waals surface area contributed by atoms with E-state index in [-0.39, 0.29) is 24.4 Å². The quantitative estimate of drug-likeness (QED) is 0.918. The molecule has 6 nitrogen and oxygen atoms in total. The number of furan rings is 1. The summed E-state index contributed by atoms with van der Waals surface area (Å²) in [5.41, 5.74) is 2.11. The van der Waals surface area contributed by atoms with Crippen molar-refractivity contribution in [3.63, 3.8) is 0 Å². The second-order valence-corrected chi connectivity index (χ2v) is 6.41. The third-order valence-corrected chi connectivity index (χ3v) is 4.99. The maximum Gasteiger partial charge on any atom is 0.244 e. The predicted molar refractivity (Wildman–Crippen MR) is 89.4 cm³/mol. The average molecular weight is 327 g/mol. The second kappa shape index (κ2) is 5.94. The molecule has 4 rings (SSSR count). The van der Waals surface area contributed by atoms with Crippen LogP contribution in [0.1, 0.15) is 18.2 Å². The van der Waals surface area contributed by atoms with E-state index in [4.69, 9.17) is 4.42 Å². The molecule has 0 spiro atoms. The molecule has 1 aromatic carbocycles. The molecule has 0 radical (unpaired) electrons. The molecule has 1 aromatic heterocycles. The largest absolute Gasteiger partial charge is 0.461 e. The van der Waals surface area contributed by atoms with Crippen LogP contribution in [0.5, 0.6) is 0 Å². The normalized spacial score (nSPS) is 21.9. The van der Waals surface area contributed by atoms with Crippen molar-refractivity contribution in [1.29, 1.82) is 0 Å². The summed E-state index contributed by atoms with van der Waals surface area (Å²) in [6.45, 7) is 4.91. The topological polar surface area (TPSA) is 65.8 Å². The van der Waals surface area contributed by atoms with Gasteiger partial charge >= 0.3 is 0 Å². The number of para-hydroxylation sites is 1. The molecule has 2 saturated heterocycles. The van der Waals surface area contributed by atoms with E-state index in [1.807, 2.05) is 18.2 Å². The van der Waals surface area contributed by atoms with Crippen LogP contribution in [0.15, 0.2) is 28.7 Å². The number of hydrogen-bond acceptors (Lipinski definition) is 4. The summed E-state index contributed by atoms with van der Waals surface area (Å²) in [5, 5.41) is 3.83. The van der Waals surface area contributed by atoms with Gasteiger partial charge in [-0.1, -0.05) is 25.1 Å². The third-order valence-electron chi connectivity index (χ3n) is 4.99. The number of carbonyl (C=O) groups excluding carboxylic acids is 2. The number of hydrogen-bond donors (Lipinski definition) is 1. The highest BCUT2D eigenvalue weighted by molar-refractivity contribution is 5.95. The molecule has 6 heteroatoms. The van der Waals surface area contributed by atoms with Crippen molar-refractivity contribution in [2.45, 2.75) is 25.9 Å². The Labute approximate surface area is 140 Å². The molecule has 0 unspecified atom stereocenters. The number of nitrogens with one attached hydrogen (secondary N) is 1. The van der Waals surface area contributed by atoms with Crippen LogP contribution in [0.4, 0.5) is 0 Å². The molecule has 24 heavy (non-hydrogen) atoms. The van der Waals surface area contributed by atoms with E-state index in [1.54, 1.807) is 4.90 Å². The summed E-state index contributed by atoms with van der Waals surface area (Å²) in [7, 11) is 0. The zero-order chi connectivity index (χ0) is 16.7. The van der Waals surface area contributed by atoms with Gasteiger partial charge in [0, 0.05) is 43.5 Å². The Balaban J connectivity index is 1.58. The number of carbonyl (C=O) groups is 2. The Morgan fingerprint density at radius 3 is 2.92 bits per heavy atom. The molecule has 1 atom stereocenters. The highest BCUT2D eigenvalue weighted by Crippen LogP contribution is 2.28. The van der Waals surface area contributed by atoms with Crippen molar-refractivity contribution in [1.82, 2.24) is 15.1 Å². The SMILES string of the molecule is CCc1oc2ccccc2c1CN1CCN2C(=O)CNC(=O)[C@@H]2C1. The van der Waals surface area contributed by atoms with E-state index in [0.717, 1.165) is 36.2 Å². The molecule has 0 aliphatic carbocycles. The van der Waals surface area contributed by atoms with Gasteiger partial charge in [-0.25, -0.2) is 0 Å². The summed E-state index contributed by atoms with van der Waals surface area (Å²) in [4.78, 5) is 28.0. The van der Waals surface area contributed by atoms with Gasteiger partial charge in [-0.3, -0.25) is 14.5 Å². The molecule has 0 saturated carbocycles. The molecule has 0 bridgehead atoms. The maximum atomic E-state index is 12.1. The van der Waals surface area contributed by atoms with Crippen molar-refractivity contribution >= 4 is 22.8 Å². The van der Waals surface area contributed by atoms with Crippen LogP contribution in [0.3, 0.4) is 0 Å². The molecule has 2 aliphatic heterocycles. The maximum absolute atomic E-state index is 12.1. The van der Waals surface area contributed by atoms with Crippen LogP contribution in [0.2, 0.25) is 0 Å². The van der Waals surface area contributed by atoms with Crippen molar-refractivity contribution in [3.05, 3.63) is 35.6 Å². The molecular weight excluding hydrogens is 306 g/mol. The Hall–Kier alpha value is -2.34. The van der Waals surface area contributed by atoms with Crippen LogP contribution < -0.4 is 5.32 Å². The lowest BCUT2D eigenvalue weighted by atomic mass is 10.1. The van der Waals surface area contributed by atoms with Gasteiger partial charge in [0.1, 0.15) is 17.4 Å². The second-order valence-electron chi connectivity index (χ2n) is 6.41. The number of amides is 2. The van der Waals surface area contributed by atoms with E-state index in [1.165, 1.54) is 5.56 Å². The molecule has 1 N–H and O–H groups in total. The Bertz CT molecular complexity index is 798. The first-order valence-electron chi connectivity index (χ1n) is 8.46.